The molecule has 1 saturated carbocycles. The number of nitrogens with zero attached hydrogens (tertiary/aromatic N) is 1. The first kappa shape index (κ1) is 34.3. The summed E-state index contributed by atoms with van der Waals surface area (Å²) in [5, 5.41) is 6.59. The molecule has 0 spiro atoms. The first-order valence-electron chi connectivity index (χ1n) is 15.3. The minimum atomic E-state index is -0.610. The average Bonchev–Trinajstić information content (AvgIpc) is 2.95. The van der Waals surface area contributed by atoms with Crippen LogP contribution in [0.4, 0.5) is 5.69 Å². The molecule has 2 rings (SSSR count). The number of rotatable bonds is 17. The Morgan fingerprint density at radius 3 is 2.29 bits per heavy atom. The van der Waals surface area contributed by atoms with E-state index in [-0.39, 0.29) is 17.6 Å². The van der Waals surface area contributed by atoms with Gasteiger partial charge in [0.2, 0.25) is 0 Å². The smallest absolute Gasteiger partial charge is 0.272 e. The summed E-state index contributed by atoms with van der Waals surface area (Å²) in [4.78, 5) is 29.1. The lowest BCUT2D eigenvalue weighted by atomic mass is 9.71. The van der Waals surface area contributed by atoms with Gasteiger partial charge in [-0.05, 0) is 94.6 Å². The Bertz CT molecular complexity index is 1180. The molecule has 1 atom stereocenters. The summed E-state index contributed by atoms with van der Waals surface area (Å²) >= 11 is 5.48. The first-order valence-corrected chi connectivity index (χ1v) is 15.7. The molecule has 0 aromatic heterocycles. The van der Waals surface area contributed by atoms with Crippen LogP contribution in [0, 0.1) is 5.92 Å². The Kier molecular flexibility index (Phi) is 13.3. The number of anilines is 1. The lowest BCUT2D eigenvalue weighted by Gasteiger charge is -2.48. The van der Waals surface area contributed by atoms with E-state index in [1.165, 1.54) is 0 Å². The van der Waals surface area contributed by atoms with Crippen LogP contribution in [0.15, 0.2) is 47.3 Å². The number of hydrogen-bond acceptors (Lipinski definition) is 5. The summed E-state index contributed by atoms with van der Waals surface area (Å²) in [6.45, 7) is 20.9. The Labute approximate surface area is 253 Å². The van der Waals surface area contributed by atoms with Crippen LogP contribution in [0.5, 0.6) is 5.75 Å². The van der Waals surface area contributed by atoms with Crippen LogP contribution in [-0.4, -0.2) is 29.3 Å². The van der Waals surface area contributed by atoms with E-state index in [0.29, 0.717) is 30.2 Å². The lowest BCUT2D eigenvalue weighted by molar-refractivity contribution is -0.126. The second-order valence-electron chi connectivity index (χ2n) is 11.1. The number of thiocarbonyl (C=S) groups is 1. The molecule has 0 bridgehead atoms. The molecular formula is C34H51N3O3S. The van der Waals surface area contributed by atoms with E-state index in [1.807, 2.05) is 50.8 Å². The predicted molar refractivity (Wildman–Crippen MR) is 176 cm³/mol. The molecule has 7 heteroatoms. The van der Waals surface area contributed by atoms with Gasteiger partial charge < -0.3 is 20.3 Å². The molecule has 0 saturated heterocycles. The SMILES string of the molecule is C=C(CCC)N/C(C(=O)N/C(=C(/C)CC)c1cc(N(C=S)C2(C(=O)CC)CCC2)ccc1OCC)=C(/C)C(C)CC. The largest absolute Gasteiger partial charge is 0.493 e. The summed E-state index contributed by atoms with van der Waals surface area (Å²) < 4.78 is 6.07. The molecule has 1 aromatic rings. The highest BCUT2D eigenvalue weighted by Gasteiger charge is 2.47. The average molecular weight is 582 g/mol. The van der Waals surface area contributed by atoms with Crippen LogP contribution in [-0.2, 0) is 9.59 Å². The van der Waals surface area contributed by atoms with Crippen molar-refractivity contribution in [1.29, 1.82) is 0 Å². The van der Waals surface area contributed by atoms with Crippen molar-refractivity contribution >= 4 is 40.8 Å². The summed E-state index contributed by atoms with van der Waals surface area (Å²) in [6.07, 6.45) is 6.38. The predicted octanol–water partition coefficient (Wildman–Crippen LogP) is 8.23. The van der Waals surface area contributed by atoms with Crippen molar-refractivity contribution in [2.45, 2.75) is 112 Å². The van der Waals surface area contributed by atoms with Crippen molar-refractivity contribution < 1.29 is 14.3 Å². The van der Waals surface area contributed by atoms with Crippen molar-refractivity contribution in [3.8, 4) is 5.75 Å². The van der Waals surface area contributed by atoms with Gasteiger partial charge in [-0.2, -0.15) is 0 Å². The Balaban J connectivity index is 2.67. The zero-order valence-electron chi connectivity index (χ0n) is 26.5. The molecule has 2 N–H and O–H groups in total. The van der Waals surface area contributed by atoms with Crippen molar-refractivity contribution in [2.75, 3.05) is 11.5 Å². The number of benzene rings is 1. The van der Waals surface area contributed by atoms with Gasteiger partial charge >= 0.3 is 0 Å². The quantitative estimate of drug-likeness (QED) is 0.143. The first-order chi connectivity index (χ1) is 19.5. The fourth-order valence-electron chi connectivity index (χ4n) is 5.23. The molecule has 226 valence electrons. The van der Waals surface area contributed by atoms with Crippen LogP contribution in [0.3, 0.4) is 0 Å². The van der Waals surface area contributed by atoms with Crippen LogP contribution in [0.1, 0.15) is 112 Å². The highest BCUT2D eigenvalue weighted by atomic mass is 32.1. The van der Waals surface area contributed by atoms with Crippen LogP contribution in [0.25, 0.3) is 5.70 Å². The maximum Gasteiger partial charge on any atom is 0.272 e. The van der Waals surface area contributed by atoms with E-state index in [2.05, 4.69) is 44.9 Å². The van der Waals surface area contributed by atoms with Crippen molar-refractivity contribution in [2.24, 2.45) is 5.92 Å². The molecule has 1 aliphatic carbocycles. The molecular weight excluding hydrogens is 530 g/mol. The minimum Gasteiger partial charge on any atom is -0.493 e. The standard InChI is InChI=1S/C34H51N3O3S/c1-10-16-25(8)35-32(26(9)23(6)11-2)33(39)36-31(24(7)12-3)28-21-27(17-18-29(28)40-14-5)37(22-41)34(19-15-20-34)30(38)13-4/h17-18,21-23,35H,8,10-16,19-20H2,1-7,9H3,(H,36,39)/b31-24-,32-26-. The molecule has 41 heavy (non-hydrogen) atoms. The van der Waals surface area contributed by atoms with Crippen molar-refractivity contribution in [3.05, 3.63) is 52.9 Å². The number of ether oxygens (including phenoxy) is 1. The number of carbonyl (C=O) groups is 2. The van der Waals surface area contributed by atoms with Gasteiger partial charge in [0.05, 0.1) is 17.8 Å². The van der Waals surface area contributed by atoms with Crippen LogP contribution >= 0.6 is 12.2 Å². The fraction of sp³-hybridized carbons (Fsp3) is 0.559. The van der Waals surface area contributed by atoms with Crippen molar-refractivity contribution in [1.82, 2.24) is 10.6 Å². The number of allylic oxidation sites excluding steroid dienone is 3. The lowest BCUT2D eigenvalue weighted by Crippen LogP contribution is -2.58. The Morgan fingerprint density at radius 2 is 1.80 bits per heavy atom. The van der Waals surface area contributed by atoms with Gasteiger partial charge in [0, 0.05) is 23.4 Å². The molecule has 0 radical (unpaired) electrons. The molecule has 0 heterocycles. The summed E-state index contributed by atoms with van der Waals surface area (Å²) in [7, 11) is 0. The zero-order valence-corrected chi connectivity index (χ0v) is 27.4. The van der Waals surface area contributed by atoms with E-state index in [1.54, 1.807) is 5.49 Å². The zero-order chi connectivity index (χ0) is 30.7. The third-order valence-electron chi connectivity index (χ3n) is 8.42. The van der Waals surface area contributed by atoms with Gasteiger partial charge in [-0.15, -0.1) is 0 Å². The van der Waals surface area contributed by atoms with Crippen molar-refractivity contribution in [3.63, 3.8) is 0 Å². The molecule has 1 unspecified atom stereocenters. The maximum atomic E-state index is 14.0. The number of nitrogens with one attached hydrogen (secondary N) is 2. The topological polar surface area (TPSA) is 70.7 Å². The minimum absolute atomic E-state index is 0.197. The van der Waals surface area contributed by atoms with E-state index in [0.717, 1.165) is 73.0 Å². The van der Waals surface area contributed by atoms with E-state index in [4.69, 9.17) is 17.0 Å². The number of carbonyl (C=O) groups excluding carboxylic acids is 2. The maximum absolute atomic E-state index is 14.0. The summed E-state index contributed by atoms with van der Waals surface area (Å²) in [6, 6.07) is 5.87. The normalized spacial score (nSPS) is 15.9. The number of hydrogen-bond donors (Lipinski definition) is 2. The Morgan fingerprint density at radius 1 is 1.12 bits per heavy atom. The van der Waals surface area contributed by atoms with Gasteiger partial charge in [-0.1, -0.05) is 59.8 Å². The van der Waals surface area contributed by atoms with Gasteiger partial charge in [0.25, 0.3) is 5.91 Å². The molecule has 1 fully saturated rings. The Hall–Kier alpha value is -2.93. The molecule has 1 aliphatic rings. The molecule has 1 aromatic carbocycles. The van der Waals surface area contributed by atoms with E-state index >= 15 is 0 Å². The molecule has 0 aliphatic heterocycles. The van der Waals surface area contributed by atoms with E-state index in [9.17, 15) is 9.59 Å². The highest BCUT2D eigenvalue weighted by molar-refractivity contribution is 7.79. The second kappa shape index (κ2) is 15.9. The number of Topliss-reactive ketones (excluding diaryl/α,β-unsaturated/α-hetero) is 1. The fourth-order valence-corrected chi connectivity index (χ4v) is 5.56. The van der Waals surface area contributed by atoms with Crippen LogP contribution < -0.4 is 20.3 Å². The monoisotopic (exact) mass is 581 g/mol. The molecule has 6 nitrogen and oxygen atoms in total. The third-order valence-corrected chi connectivity index (χ3v) is 8.63. The number of amides is 1. The van der Waals surface area contributed by atoms with Gasteiger partial charge in [0.15, 0.2) is 5.78 Å². The van der Waals surface area contributed by atoms with Crippen LogP contribution in [0.2, 0.25) is 0 Å². The summed E-state index contributed by atoms with van der Waals surface area (Å²) in [5.41, 5.74) is 6.64. The van der Waals surface area contributed by atoms with Gasteiger partial charge in [-0.25, -0.2) is 0 Å². The van der Waals surface area contributed by atoms with Gasteiger partial charge in [-0.3, -0.25) is 9.59 Å². The highest BCUT2D eigenvalue weighted by Crippen LogP contribution is 2.43. The summed E-state index contributed by atoms with van der Waals surface area (Å²) in [5.74, 6) is 0.882. The third kappa shape index (κ3) is 7.88. The van der Waals surface area contributed by atoms with E-state index < -0.39 is 5.54 Å². The number of ketones is 1. The van der Waals surface area contributed by atoms with Gasteiger partial charge in [0.1, 0.15) is 17.0 Å². The second-order valence-corrected chi connectivity index (χ2v) is 11.3. The molecule has 1 amide bonds.